The van der Waals surface area contributed by atoms with Crippen LogP contribution in [-0.2, 0) is 4.74 Å². The molecule has 11 nitrogen and oxygen atoms in total. The van der Waals surface area contributed by atoms with Crippen molar-refractivity contribution in [1.82, 2.24) is 19.6 Å². The number of pyridine rings is 1. The van der Waals surface area contributed by atoms with Gasteiger partial charge in [-0.05, 0) is 51.5 Å². The number of nitrogens with one attached hydrogen (secondary N) is 1. The molecule has 35 heavy (non-hydrogen) atoms. The average Bonchev–Trinajstić information content (AvgIpc) is 3.17. The van der Waals surface area contributed by atoms with Gasteiger partial charge in [-0.2, -0.15) is 5.10 Å². The Kier molecular flexibility index (Phi) is 6.35. The second kappa shape index (κ2) is 9.26. The maximum Gasteiger partial charge on any atom is 0.410 e. The molecule has 0 radical (unpaired) electrons. The summed E-state index contributed by atoms with van der Waals surface area (Å²) in [4.78, 5) is 26.6. The van der Waals surface area contributed by atoms with Crippen LogP contribution in [0.2, 0.25) is 0 Å². The quantitative estimate of drug-likeness (QED) is 0.221. The molecule has 0 aliphatic carbocycles. The number of benzene rings is 1. The number of nitrogens with two attached hydrogens (primary N) is 2. The van der Waals surface area contributed by atoms with Crippen molar-refractivity contribution in [2.45, 2.75) is 39.3 Å². The van der Waals surface area contributed by atoms with Gasteiger partial charge in [-0.15, -0.1) is 5.10 Å². The number of carbonyl (C=O) groups excluding carboxylic acids is 2. The van der Waals surface area contributed by atoms with Gasteiger partial charge in [0.25, 0.3) is 5.91 Å². The standard InChI is InChI=1S/C24H30N8O3/c1-15-8-9-16(11-19(15)28-22(33)18-12-27-31-10-6-5-7-20(18)31)21(25)29-32(26)17-13-30(14-17)23(34)35-24(2,3)4/h5-12,17H,13-14,26H2,1-4H3,(H2,25,29)(H,28,33). The van der Waals surface area contributed by atoms with Crippen molar-refractivity contribution in [3.8, 4) is 0 Å². The monoisotopic (exact) mass is 478 g/mol. The fraction of sp³-hybridized carbons (Fsp3) is 0.333. The Bertz CT molecular complexity index is 1290. The van der Waals surface area contributed by atoms with E-state index in [1.165, 1.54) is 11.3 Å². The third kappa shape index (κ3) is 5.35. The van der Waals surface area contributed by atoms with Crippen LogP contribution in [0.5, 0.6) is 0 Å². The minimum Gasteiger partial charge on any atom is -0.444 e. The van der Waals surface area contributed by atoms with E-state index in [0.29, 0.717) is 35.4 Å². The van der Waals surface area contributed by atoms with Crippen LogP contribution in [0.15, 0.2) is 53.9 Å². The van der Waals surface area contributed by atoms with Crippen molar-refractivity contribution in [3.05, 3.63) is 65.5 Å². The van der Waals surface area contributed by atoms with Crippen molar-refractivity contribution >= 4 is 29.0 Å². The van der Waals surface area contributed by atoms with E-state index >= 15 is 0 Å². The van der Waals surface area contributed by atoms with Crippen molar-refractivity contribution < 1.29 is 14.3 Å². The minimum atomic E-state index is -0.559. The lowest BCUT2D eigenvalue weighted by atomic mass is 10.1. The highest BCUT2D eigenvalue weighted by molar-refractivity contribution is 6.09. The van der Waals surface area contributed by atoms with Crippen LogP contribution in [0, 0.1) is 6.92 Å². The molecule has 4 rings (SSSR count). The van der Waals surface area contributed by atoms with Gasteiger partial charge in [0, 0.05) is 30.5 Å². The molecule has 2 amide bonds. The molecule has 1 fully saturated rings. The van der Waals surface area contributed by atoms with Crippen molar-refractivity contribution in [2.75, 3.05) is 18.4 Å². The predicted molar refractivity (Wildman–Crippen MR) is 133 cm³/mol. The molecule has 1 aliphatic heterocycles. The number of hydrazone groups is 1. The Morgan fingerprint density at radius 3 is 2.69 bits per heavy atom. The predicted octanol–water partition coefficient (Wildman–Crippen LogP) is 2.31. The first-order chi connectivity index (χ1) is 16.5. The number of aromatic nitrogens is 2. The summed E-state index contributed by atoms with van der Waals surface area (Å²) in [6.45, 7) is 8.11. The molecule has 3 heterocycles. The highest BCUT2D eigenvalue weighted by atomic mass is 16.6. The first-order valence-corrected chi connectivity index (χ1v) is 11.2. The van der Waals surface area contributed by atoms with Gasteiger partial charge in [-0.1, -0.05) is 18.2 Å². The van der Waals surface area contributed by atoms with E-state index in [9.17, 15) is 9.59 Å². The first kappa shape index (κ1) is 24.0. The summed E-state index contributed by atoms with van der Waals surface area (Å²) in [5.41, 5.74) is 8.88. The van der Waals surface area contributed by atoms with Crippen LogP contribution < -0.4 is 16.9 Å². The molecule has 0 atom stereocenters. The van der Waals surface area contributed by atoms with Gasteiger partial charge in [0.05, 0.1) is 23.3 Å². The molecule has 11 heteroatoms. The molecular formula is C24H30N8O3. The fourth-order valence-corrected chi connectivity index (χ4v) is 3.58. The summed E-state index contributed by atoms with van der Waals surface area (Å²) in [6, 6.07) is 10.7. The fourth-order valence-electron chi connectivity index (χ4n) is 3.58. The lowest BCUT2D eigenvalue weighted by molar-refractivity contribution is -0.0151. The molecule has 1 aliphatic rings. The number of nitrogens with zero attached hydrogens (tertiary/aromatic N) is 5. The zero-order valence-electron chi connectivity index (χ0n) is 20.2. The first-order valence-electron chi connectivity index (χ1n) is 11.2. The van der Waals surface area contributed by atoms with Crippen LogP contribution in [-0.4, -0.2) is 62.2 Å². The van der Waals surface area contributed by atoms with Crippen molar-refractivity contribution in [2.24, 2.45) is 16.7 Å². The van der Waals surface area contributed by atoms with E-state index in [-0.39, 0.29) is 23.9 Å². The molecule has 5 N–H and O–H groups in total. The Labute approximate surface area is 203 Å². The molecule has 0 saturated carbocycles. The number of rotatable bonds is 5. The van der Waals surface area contributed by atoms with Crippen LogP contribution >= 0.6 is 0 Å². The molecule has 2 aromatic heterocycles. The summed E-state index contributed by atoms with van der Waals surface area (Å²) < 4.78 is 7.00. The summed E-state index contributed by atoms with van der Waals surface area (Å²) in [5, 5.41) is 12.7. The zero-order chi connectivity index (χ0) is 25.3. The summed E-state index contributed by atoms with van der Waals surface area (Å²) in [6.07, 6.45) is 2.93. The van der Waals surface area contributed by atoms with E-state index in [0.717, 1.165) is 5.56 Å². The van der Waals surface area contributed by atoms with E-state index < -0.39 is 5.60 Å². The largest absolute Gasteiger partial charge is 0.444 e. The van der Waals surface area contributed by atoms with Crippen molar-refractivity contribution in [3.63, 3.8) is 0 Å². The smallest absolute Gasteiger partial charge is 0.410 e. The third-order valence-corrected chi connectivity index (χ3v) is 5.56. The van der Waals surface area contributed by atoms with E-state index in [1.54, 1.807) is 27.7 Å². The molecular weight excluding hydrogens is 448 g/mol. The number of ether oxygens (including phenoxy) is 1. The van der Waals surface area contributed by atoms with Crippen LogP contribution in [0.3, 0.4) is 0 Å². The number of hydrazine groups is 1. The number of aryl methyl sites for hydroxylation is 1. The van der Waals surface area contributed by atoms with Gasteiger partial charge in [-0.25, -0.2) is 20.3 Å². The number of fused-ring (bicyclic) bond motifs is 1. The molecule has 0 spiro atoms. The number of anilines is 1. The SMILES string of the molecule is Cc1ccc(/C(N)=N/N(N)C2CN(C(=O)OC(C)(C)C)C2)cc1NC(=O)c1cnn2ccccc12. The van der Waals surface area contributed by atoms with E-state index in [4.69, 9.17) is 16.3 Å². The molecule has 1 aromatic carbocycles. The van der Waals surface area contributed by atoms with E-state index in [2.05, 4.69) is 15.5 Å². The average molecular weight is 479 g/mol. The van der Waals surface area contributed by atoms with Gasteiger partial charge >= 0.3 is 6.09 Å². The lowest BCUT2D eigenvalue weighted by Crippen LogP contribution is -2.62. The number of carbonyl (C=O) groups is 2. The van der Waals surface area contributed by atoms with Gasteiger partial charge in [0.2, 0.25) is 0 Å². The maximum absolute atomic E-state index is 12.9. The number of amidine groups is 1. The molecule has 0 unspecified atom stereocenters. The zero-order valence-corrected chi connectivity index (χ0v) is 20.2. The second-order valence-electron chi connectivity index (χ2n) is 9.48. The maximum atomic E-state index is 12.9. The van der Waals surface area contributed by atoms with E-state index in [1.807, 2.05) is 52.0 Å². The van der Waals surface area contributed by atoms with Gasteiger partial charge in [0.1, 0.15) is 5.60 Å². The minimum absolute atomic E-state index is 0.179. The molecule has 3 aromatic rings. The summed E-state index contributed by atoms with van der Waals surface area (Å²) in [5.74, 6) is 5.99. The summed E-state index contributed by atoms with van der Waals surface area (Å²) >= 11 is 0. The van der Waals surface area contributed by atoms with Crippen LogP contribution in [0.1, 0.15) is 42.3 Å². The topological polar surface area (TPSA) is 144 Å². The summed E-state index contributed by atoms with van der Waals surface area (Å²) in [7, 11) is 0. The Morgan fingerprint density at radius 2 is 1.97 bits per heavy atom. The Hall–Kier alpha value is -4.12. The highest BCUT2D eigenvalue weighted by Crippen LogP contribution is 2.21. The molecule has 1 saturated heterocycles. The second-order valence-corrected chi connectivity index (χ2v) is 9.48. The normalized spacial score (nSPS) is 14.5. The molecule has 184 valence electrons. The number of hydrogen-bond donors (Lipinski definition) is 3. The Balaban J connectivity index is 1.42. The van der Waals surface area contributed by atoms with Crippen molar-refractivity contribution in [1.29, 1.82) is 0 Å². The molecule has 0 bridgehead atoms. The van der Waals surface area contributed by atoms with Gasteiger partial charge in [-0.3, -0.25) is 4.79 Å². The van der Waals surface area contributed by atoms with Gasteiger partial charge < -0.3 is 20.7 Å². The Morgan fingerprint density at radius 1 is 1.23 bits per heavy atom. The number of amides is 2. The third-order valence-electron chi connectivity index (χ3n) is 5.56. The van der Waals surface area contributed by atoms with Crippen LogP contribution in [0.25, 0.3) is 5.52 Å². The lowest BCUT2D eigenvalue weighted by Gasteiger charge is -2.42. The van der Waals surface area contributed by atoms with Gasteiger partial charge in [0.15, 0.2) is 5.84 Å². The highest BCUT2D eigenvalue weighted by Gasteiger charge is 2.36. The van der Waals surface area contributed by atoms with Crippen LogP contribution in [0.4, 0.5) is 10.5 Å². The number of likely N-dealkylation sites (tertiary alicyclic amines) is 1. The number of hydrogen-bond acceptors (Lipinski definition) is 7.